The number of hydrogen-bond acceptors (Lipinski definition) is 3. The van der Waals surface area contributed by atoms with Crippen molar-refractivity contribution in [2.24, 2.45) is 5.10 Å². The topological polar surface area (TPSA) is 53.5 Å². The molecule has 0 saturated carbocycles. The molecule has 4 nitrogen and oxygen atoms in total. The predicted octanol–water partition coefficient (Wildman–Crippen LogP) is 4.21. The molecule has 114 valence electrons. The van der Waals surface area contributed by atoms with Crippen LogP contribution in [0.25, 0.3) is 0 Å². The van der Waals surface area contributed by atoms with E-state index in [4.69, 9.17) is 34.8 Å². The van der Waals surface area contributed by atoms with Gasteiger partial charge in [-0.15, -0.1) is 0 Å². The summed E-state index contributed by atoms with van der Waals surface area (Å²) in [5.41, 5.74) is 3.86. The van der Waals surface area contributed by atoms with Gasteiger partial charge in [0.2, 0.25) is 0 Å². The number of halogens is 3. The fourth-order valence-electron chi connectivity index (χ4n) is 1.57. The smallest absolute Gasteiger partial charge is 0.259 e. The summed E-state index contributed by atoms with van der Waals surface area (Å²) in [5.74, 6) is -0.281. The third-order valence-corrected chi connectivity index (χ3v) is 3.47. The fourth-order valence-corrected chi connectivity index (χ4v) is 2.15. The monoisotopic (exact) mass is 355 g/mol. The largest absolute Gasteiger partial charge is 0.376 e. The molecule has 22 heavy (non-hydrogen) atoms. The van der Waals surface area contributed by atoms with Gasteiger partial charge in [-0.05, 0) is 36.4 Å². The first-order chi connectivity index (χ1) is 10.5. The van der Waals surface area contributed by atoms with Crippen molar-refractivity contribution in [3.63, 3.8) is 0 Å². The Morgan fingerprint density at radius 3 is 2.41 bits per heavy atom. The quantitative estimate of drug-likeness (QED) is 0.623. The van der Waals surface area contributed by atoms with E-state index in [1.807, 2.05) is 0 Å². The number of rotatable bonds is 5. The van der Waals surface area contributed by atoms with Crippen molar-refractivity contribution < 1.29 is 4.79 Å². The highest BCUT2D eigenvalue weighted by Crippen LogP contribution is 2.19. The minimum absolute atomic E-state index is 0.0906. The van der Waals surface area contributed by atoms with Gasteiger partial charge in [0.1, 0.15) is 0 Å². The standard InChI is InChI=1S/C15H12Cl3N3O/c16-11-3-5-13(6-4-11)19-9-15(22)21-20-8-10-1-2-12(17)7-14(10)18/h1-8,19H,9H2,(H,21,22). The minimum Gasteiger partial charge on any atom is -0.376 e. The summed E-state index contributed by atoms with van der Waals surface area (Å²) in [4.78, 5) is 11.6. The van der Waals surface area contributed by atoms with Gasteiger partial charge >= 0.3 is 0 Å². The van der Waals surface area contributed by atoms with Gasteiger partial charge in [-0.2, -0.15) is 5.10 Å². The second-order valence-corrected chi connectivity index (χ2v) is 5.60. The lowest BCUT2D eigenvalue weighted by molar-refractivity contribution is -0.119. The maximum atomic E-state index is 11.6. The van der Waals surface area contributed by atoms with Gasteiger partial charge in [-0.25, -0.2) is 5.43 Å². The molecule has 0 aromatic heterocycles. The van der Waals surface area contributed by atoms with Gasteiger partial charge in [0.05, 0.1) is 17.8 Å². The third kappa shape index (κ3) is 5.22. The normalized spacial score (nSPS) is 10.7. The van der Waals surface area contributed by atoms with E-state index < -0.39 is 0 Å². The van der Waals surface area contributed by atoms with Crippen molar-refractivity contribution >= 4 is 52.6 Å². The lowest BCUT2D eigenvalue weighted by Crippen LogP contribution is -2.25. The van der Waals surface area contributed by atoms with Crippen LogP contribution in [0.3, 0.4) is 0 Å². The Hall–Kier alpha value is -1.75. The Morgan fingerprint density at radius 2 is 1.73 bits per heavy atom. The molecule has 7 heteroatoms. The number of anilines is 1. The number of hydrogen-bond donors (Lipinski definition) is 2. The molecule has 0 bridgehead atoms. The number of benzene rings is 2. The number of nitrogens with one attached hydrogen (secondary N) is 2. The van der Waals surface area contributed by atoms with Crippen LogP contribution < -0.4 is 10.7 Å². The second kappa shape index (κ2) is 8.03. The zero-order valence-corrected chi connectivity index (χ0v) is 13.6. The van der Waals surface area contributed by atoms with Crippen LogP contribution in [-0.2, 0) is 4.79 Å². The van der Waals surface area contributed by atoms with Crippen LogP contribution in [0.1, 0.15) is 5.56 Å². The number of carbonyl (C=O) groups excluding carboxylic acids is 1. The molecular weight excluding hydrogens is 345 g/mol. The molecule has 0 fully saturated rings. The summed E-state index contributed by atoms with van der Waals surface area (Å²) in [6.07, 6.45) is 1.46. The van der Waals surface area contributed by atoms with Crippen LogP contribution in [0.2, 0.25) is 15.1 Å². The molecule has 2 aromatic carbocycles. The predicted molar refractivity (Wildman–Crippen MR) is 92.1 cm³/mol. The van der Waals surface area contributed by atoms with Crippen molar-refractivity contribution in [2.45, 2.75) is 0 Å². The Kier molecular flexibility index (Phi) is 6.07. The molecule has 0 aliphatic rings. The average Bonchev–Trinajstić information content (AvgIpc) is 2.49. The van der Waals surface area contributed by atoms with Crippen LogP contribution in [0, 0.1) is 0 Å². The summed E-state index contributed by atoms with van der Waals surface area (Å²) in [5, 5.41) is 8.44. The van der Waals surface area contributed by atoms with Crippen molar-refractivity contribution in [3.05, 3.63) is 63.1 Å². The molecule has 0 unspecified atom stereocenters. The Balaban J connectivity index is 1.82. The SMILES string of the molecule is O=C(CNc1ccc(Cl)cc1)NN=Cc1ccc(Cl)cc1Cl. The first-order valence-corrected chi connectivity index (χ1v) is 7.44. The van der Waals surface area contributed by atoms with E-state index in [2.05, 4.69) is 15.8 Å². The van der Waals surface area contributed by atoms with E-state index in [9.17, 15) is 4.79 Å². The van der Waals surface area contributed by atoms with Gasteiger partial charge in [-0.3, -0.25) is 4.79 Å². The van der Waals surface area contributed by atoms with Gasteiger partial charge in [-0.1, -0.05) is 40.9 Å². The maximum Gasteiger partial charge on any atom is 0.259 e. The van der Waals surface area contributed by atoms with Crippen LogP contribution in [-0.4, -0.2) is 18.7 Å². The molecule has 0 saturated heterocycles. The molecule has 2 aromatic rings. The lowest BCUT2D eigenvalue weighted by atomic mass is 10.2. The molecule has 0 radical (unpaired) electrons. The number of amides is 1. The van der Waals surface area contributed by atoms with E-state index in [-0.39, 0.29) is 12.5 Å². The van der Waals surface area contributed by atoms with E-state index in [1.54, 1.807) is 42.5 Å². The summed E-state index contributed by atoms with van der Waals surface area (Å²) in [6, 6.07) is 12.1. The van der Waals surface area contributed by atoms with Crippen LogP contribution >= 0.6 is 34.8 Å². The number of carbonyl (C=O) groups is 1. The average molecular weight is 357 g/mol. The molecule has 1 amide bonds. The molecule has 2 N–H and O–H groups in total. The number of hydrazone groups is 1. The van der Waals surface area contributed by atoms with E-state index in [1.165, 1.54) is 6.21 Å². The summed E-state index contributed by atoms with van der Waals surface area (Å²) >= 11 is 17.6. The van der Waals surface area contributed by atoms with Gasteiger partial charge in [0.25, 0.3) is 5.91 Å². The first kappa shape index (κ1) is 16.6. The Labute approximate surface area is 143 Å². The van der Waals surface area contributed by atoms with Crippen molar-refractivity contribution in [2.75, 3.05) is 11.9 Å². The van der Waals surface area contributed by atoms with Gasteiger partial charge in [0.15, 0.2) is 0 Å². The Bertz CT molecular complexity index is 687. The third-order valence-electron chi connectivity index (χ3n) is 2.65. The zero-order chi connectivity index (χ0) is 15.9. The van der Waals surface area contributed by atoms with E-state index >= 15 is 0 Å². The fraction of sp³-hybridized carbons (Fsp3) is 0.0667. The molecule has 0 heterocycles. The highest BCUT2D eigenvalue weighted by Gasteiger charge is 2.01. The summed E-state index contributed by atoms with van der Waals surface area (Å²) in [7, 11) is 0. The summed E-state index contributed by atoms with van der Waals surface area (Å²) in [6.45, 7) is 0.0906. The van der Waals surface area contributed by atoms with Crippen LogP contribution in [0.5, 0.6) is 0 Å². The van der Waals surface area contributed by atoms with Crippen LogP contribution in [0.4, 0.5) is 5.69 Å². The molecule has 0 aliphatic carbocycles. The van der Waals surface area contributed by atoms with Gasteiger partial charge < -0.3 is 5.32 Å². The van der Waals surface area contributed by atoms with Crippen LogP contribution in [0.15, 0.2) is 47.6 Å². The molecule has 2 rings (SSSR count). The van der Waals surface area contributed by atoms with Gasteiger partial charge in [0, 0.05) is 21.3 Å². The first-order valence-electron chi connectivity index (χ1n) is 6.31. The molecule has 0 aliphatic heterocycles. The molecular formula is C15H12Cl3N3O. The molecule has 0 spiro atoms. The van der Waals surface area contributed by atoms with Crippen molar-refractivity contribution in [1.29, 1.82) is 0 Å². The van der Waals surface area contributed by atoms with Crippen molar-refractivity contribution in [3.8, 4) is 0 Å². The van der Waals surface area contributed by atoms with E-state index in [0.29, 0.717) is 20.6 Å². The van der Waals surface area contributed by atoms with E-state index in [0.717, 1.165) is 5.69 Å². The highest BCUT2D eigenvalue weighted by atomic mass is 35.5. The maximum absolute atomic E-state index is 11.6. The minimum atomic E-state index is -0.281. The number of nitrogens with zero attached hydrogens (tertiary/aromatic N) is 1. The summed E-state index contributed by atoms with van der Waals surface area (Å²) < 4.78 is 0. The lowest BCUT2D eigenvalue weighted by Gasteiger charge is -2.05. The van der Waals surface area contributed by atoms with Crippen molar-refractivity contribution in [1.82, 2.24) is 5.43 Å². The second-order valence-electron chi connectivity index (χ2n) is 4.32. The Morgan fingerprint density at radius 1 is 1.05 bits per heavy atom. The zero-order valence-electron chi connectivity index (χ0n) is 11.3. The highest BCUT2D eigenvalue weighted by molar-refractivity contribution is 6.36. The molecule has 0 atom stereocenters.